The number of nitrogens with zero attached hydrogens (tertiary/aromatic N) is 4. The number of amides is 1. The van der Waals surface area contributed by atoms with E-state index in [1.807, 2.05) is 17.9 Å². The Hall–Kier alpha value is -1.93. The number of likely N-dealkylation sites (tertiary alicyclic amines) is 1. The molecule has 8 heteroatoms. The van der Waals surface area contributed by atoms with Crippen LogP contribution in [0.15, 0.2) is 12.3 Å². The van der Waals surface area contributed by atoms with Crippen molar-refractivity contribution in [1.29, 1.82) is 0 Å². The van der Waals surface area contributed by atoms with Gasteiger partial charge in [-0.2, -0.15) is 5.10 Å². The van der Waals surface area contributed by atoms with E-state index in [1.165, 1.54) is 11.3 Å². The normalized spacial score (nSPS) is 21.5. The Morgan fingerprint density at radius 2 is 2.21 bits per heavy atom. The number of ether oxygens (including phenoxy) is 1. The summed E-state index contributed by atoms with van der Waals surface area (Å²) < 4.78 is 5.39. The molecule has 0 aromatic carbocycles. The van der Waals surface area contributed by atoms with Crippen molar-refractivity contribution >= 4 is 22.4 Å². The van der Waals surface area contributed by atoms with Gasteiger partial charge in [-0.25, -0.2) is 4.98 Å². The number of hydrogen-bond donors (Lipinski definition) is 1. The molecular formula is C16H21N5O2S. The first-order valence-electron chi connectivity index (χ1n) is 8.31. The number of rotatable bonds is 3. The Morgan fingerprint density at radius 3 is 2.96 bits per heavy atom. The lowest BCUT2D eigenvalue weighted by atomic mass is 10.1. The second-order valence-electron chi connectivity index (χ2n) is 6.26. The molecule has 128 valence electrons. The van der Waals surface area contributed by atoms with Crippen LogP contribution in [-0.2, 0) is 4.74 Å². The van der Waals surface area contributed by atoms with Crippen molar-refractivity contribution in [3.8, 4) is 0 Å². The van der Waals surface area contributed by atoms with Crippen LogP contribution in [0.25, 0.3) is 0 Å². The Bertz CT molecular complexity index is 708. The van der Waals surface area contributed by atoms with Crippen LogP contribution in [0.5, 0.6) is 0 Å². The molecule has 0 aliphatic carbocycles. The predicted octanol–water partition coefficient (Wildman–Crippen LogP) is 1.64. The van der Waals surface area contributed by atoms with Crippen molar-refractivity contribution in [3.63, 3.8) is 0 Å². The van der Waals surface area contributed by atoms with Gasteiger partial charge in [-0.05, 0) is 19.4 Å². The lowest BCUT2D eigenvalue weighted by Crippen LogP contribution is -2.36. The summed E-state index contributed by atoms with van der Waals surface area (Å²) in [5.74, 6) is 0.454. The first-order valence-corrected chi connectivity index (χ1v) is 9.12. The molecule has 1 unspecified atom stereocenters. The Kier molecular flexibility index (Phi) is 4.24. The fourth-order valence-corrected chi connectivity index (χ4v) is 4.39. The number of nitrogens with one attached hydrogen (secondary N) is 1. The third kappa shape index (κ3) is 2.91. The molecule has 2 aromatic rings. The van der Waals surface area contributed by atoms with Gasteiger partial charge in [-0.15, -0.1) is 0 Å². The molecule has 2 aliphatic heterocycles. The van der Waals surface area contributed by atoms with Crippen LogP contribution < -0.4 is 4.90 Å². The highest BCUT2D eigenvalue weighted by molar-refractivity contribution is 7.17. The summed E-state index contributed by atoms with van der Waals surface area (Å²) in [6, 6.07) is 1.99. The van der Waals surface area contributed by atoms with Crippen molar-refractivity contribution < 1.29 is 9.53 Å². The monoisotopic (exact) mass is 347 g/mol. The quantitative estimate of drug-likeness (QED) is 0.914. The first kappa shape index (κ1) is 15.6. The lowest BCUT2D eigenvalue weighted by Gasteiger charge is -2.26. The standard InChI is InChI=1S/C16H21N5O2S/c1-11-14(24-16(18-11)20-6-8-23-9-7-20)15(22)21-5-3-12(10-21)13-2-4-17-19-13/h2,4,12H,3,5-10H2,1H3,(H,17,19). The third-order valence-corrected chi connectivity index (χ3v) is 5.90. The second-order valence-corrected chi connectivity index (χ2v) is 7.24. The van der Waals surface area contributed by atoms with Crippen molar-refractivity contribution in [3.05, 3.63) is 28.5 Å². The van der Waals surface area contributed by atoms with Gasteiger partial charge in [0.2, 0.25) is 0 Å². The van der Waals surface area contributed by atoms with E-state index in [9.17, 15) is 4.79 Å². The van der Waals surface area contributed by atoms with Crippen LogP contribution in [0.2, 0.25) is 0 Å². The van der Waals surface area contributed by atoms with E-state index in [2.05, 4.69) is 20.1 Å². The summed E-state index contributed by atoms with van der Waals surface area (Å²) in [6.45, 7) is 6.58. The van der Waals surface area contributed by atoms with Gasteiger partial charge in [0.15, 0.2) is 5.13 Å². The molecule has 0 spiro atoms. The number of carbonyl (C=O) groups is 1. The number of morpholine rings is 1. The molecule has 2 aromatic heterocycles. The lowest BCUT2D eigenvalue weighted by molar-refractivity contribution is 0.0794. The summed E-state index contributed by atoms with van der Waals surface area (Å²) in [4.78, 5) is 22.4. The van der Waals surface area contributed by atoms with Crippen LogP contribution in [0.3, 0.4) is 0 Å². The number of thiazole rings is 1. The minimum absolute atomic E-state index is 0.103. The van der Waals surface area contributed by atoms with Gasteiger partial charge < -0.3 is 14.5 Å². The van der Waals surface area contributed by atoms with E-state index in [1.54, 1.807) is 6.20 Å². The van der Waals surface area contributed by atoms with Crippen molar-refractivity contribution in [2.24, 2.45) is 0 Å². The van der Waals surface area contributed by atoms with Crippen LogP contribution in [0.1, 0.15) is 33.4 Å². The van der Waals surface area contributed by atoms with Gasteiger partial charge in [0.25, 0.3) is 5.91 Å². The smallest absolute Gasteiger partial charge is 0.265 e. The molecule has 0 radical (unpaired) electrons. The van der Waals surface area contributed by atoms with E-state index >= 15 is 0 Å². The molecule has 1 atom stereocenters. The van der Waals surface area contributed by atoms with E-state index in [0.717, 1.165) is 67.2 Å². The summed E-state index contributed by atoms with van der Waals surface area (Å²) in [5, 5.41) is 7.97. The van der Waals surface area contributed by atoms with E-state index in [-0.39, 0.29) is 5.91 Å². The number of aryl methyl sites for hydroxylation is 1. The van der Waals surface area contributed by atoms with E-state index in [0.29, 0.717) is 5.92 Å². The highest BCUT2D eigenvalue weighted by Gasteiger charge is 2.31. The number of anilines is 1. The highest BCUT2D eigenvalue weighted by atomic mass is 32.1. The summed E-state index contributed by atoms with van der Waals surface area (Å²) >= 11 is 1.51. The maximum atomic E-state index is 12.9. The van der Waals surface area contributed by atoms with Gasteiger partial charge >= 0.3 is 0 Å². The van der Waals surface area contributed by atoms with Gasteiger partial charge in [-0.3, -0.25) is 9.89 Å². The number of carbonyl (C=O) groups excluding carboxylic acids is 1. The zero-order valence-electron chi connectivity index (χ0n) is 13.7. The zero-order chi connectivity index (χ0) is 16.5. The van der Waals surface area contributed by atoms with Crippen molar-refractivity contribution in [1.82, 2.24) is 20.1 Å². The van der Waals surface area contributed by atoms with Crippen LogP contribution in [0.4, 0.5) is 5.13 Å². The molecule has 1 N–H and O–H groups in total. The molecule has 0 saturated carbocycles. The fourth-order valence-electron chi connectivity index (χ4n) is 3.31. The molecule has 4 rings (SSSR count). The van der Waals surface area contributed by atoms with E-state index < -0.39 is 0 Å². The fraction of sp³-hybridized carbons (Fsp3) is 0.562. The Morgan fingerprint density at radius 1 is 1.38 bits per heavy atom. The van der Waals surface area contributed by atoms with Crippen molar-refractivity contribution in [2.45, 2.75) is 19.3 Å². The number of aromatic nitrogens is 3. The minimum Gasteiger partial charge on any atom is -0.378 e. The molecule has 2 aliphatic rings. The number of hydrogen-bond acceptors (Lipinski definition) is 6. The Balaban J connectivity index is 1.47. The van der Waals surface area contributed by atoms with Gasteiger partial charge in [0, 0.05) is 44.0 Å². The van der Waals surface area contributed by atoms with Gasteiger partial charge in [-0.1, -0.05) is 11.3 Å². The van der Waals surface area contributed by atoms with Crippen LogP contribution in [-0.4, -0.2) is 65.4 Å². The molecule has 2 saturated heterocycles. The van der Waals surface area contributed by atoms with Gasteiger partial charge in [0.1, 0.15) is 4.88 Å². The third-order valence-electron chi connectivity index (χ3n) is 4.70. The maximum absolute atomic E-state index is 12.9. The minimum atomic E-state index is 0.103. The summed E-state index contributed by atoms with van der Waals surface area (Å²) in [5.41, 5.74) is 1.94. The predicted molar refractivity (Wildman–Crippen MR) is 91.7 cm³/mol. The molecule has 1 amide bonds. The molecule has 2 fully saturated rings. The van der Waals surface area contributed by atoms with Crippen LogP contribution in [0, 0.1) is 6.92 Å². The summed E-state index contributed by atoms with van der Waals surface area (Å²) in [7, 11) is 0. The molecule has 7 nitrogen and oxygen atoms in total. The topological polar surface area (TPSA) is 74.4 Å². The number of aromatic amines is 1. The molecule has 24 heavy (non-hydrogen) atoms. The highest BCUT2D eigenvalue weighted by Crippen LogP contribution is 2.31. The summed E-state index contributed by atoms with van der Waals surface area (Å²) in [6.07, 6.45) is 2.74. The first-order chi connectivity index (χ1) is 11.7. The SMILES string of the molecule is Cc1nc(N2CCOCC2)sc1C(=O)N1CCC(c2ccn[nH]2)C1. The Labute approximate surface area is 144 Å². The maximum Gasteiger partial charge on any atom is 0.265 e. The molecular weight excluding hydrogens is 326 g/mol. The van der Waals surface area contributed by atoms with E-state index in [4.69, 9.17) is 4.74 Å². The molecule has 4 heterocycles. The largest absolute Gasteiger partial charge is 0.378 e. The number of H-pyrrole nitrogens is 1. The average molecular weight is 347 g/mol. The van der Waals surface area contributed by atoms with Crippen LogP contribution >= 0.6 is 11.3 Å². The molecule has 0 bridgehead atoms. The van der Waals surface area contributed by atoms with Crippen molar-refractivity contribution in [2.75, 3.05) is 44.3 Å². The second kappa shape index (κ2) is 6.52. The van der Waals surface area contributed by atoms with Gasteiger partial charge in [0.05, 0.1) is 18.9 Å². The average Bonchev–Trinajstić information content (AvgIpc) is 3.35. The zero-order valence-corrected chi connectivity index (χ0v) is 14.5.